The summed E-state index contributed by atoms with van der Waals surface area (Å²) in [5.41, 5.74) is 2.84. The van der Waals surface area contributed by atoms with E-state index in [2.05, 4.69) is 21.7 Å². The molecule has 0 saturated carbocycles. The van der Waals surface area contributed by atoms with Gasteiger partial charge in [-0.15, -0.1) is 0 Å². The van der Waals surface area contributed by atoms with Crippen molar-refractivity contribution in [3.05, 3.63) is 34.5 Å². The van der Waals surface area contributed by atoms with Crippen molar-refractivity contribution >= 4 is 28.4 Å². The third kappa shape index (κ3) is 4.01. The van der Waals surface area contributed by atoms with Crippen LogP contribution in [0.5, 0.6) is 0 Å². The maximum Gasteiger partial charge on any atom is 0.268 e. The number of carbonyl (C=O) groups excluding carboxylic acids is 1. The van der Waals surface area contributed by atoms with Gasteiger partial charge in [0.1, 0.15) is 5.69 Å². The first-order valence-corrected chi connectivity index (χ1v) is 9.78. The van der Waals surface area contributed by atoms with Gasteiger partial charge in [-0.2, -0.15) is 0 Å². The predicted octanol–water partition coefficient (Wildman–Crippen LogP) is 4.23. The Morgan fingerprint density at radius 2 is 2.00 bits per heavy atom. The summed E-state index contributed by atoms with van der Waals surface area (Å²) in [7, 11) is 0. The Morgan fingerprint density at radius 1 is 1.24 bits per heavy atom. The minimum absolute atomic E-state index is 0.0212. The number of halogens is 1. The average Bonchev–Trinajstić information content (AvgIpc) is 3.21. The smallest absolute Gasteiger partial charge is 0.268 e. The molecule has 1 aromatic carbocycles. The summed E-state index contributed by atoms with van der Waals surface area (Å²) in [5, 5.41) is 4.87. The number of aromatic nitrogens is 1. The molecule has 1 amide bonds. The summed E-state index contributed by atoms with van der Waals surface area (Å²) < 4.78 is 2.08. The van der Waals surface area contributed by atoms with Crippen LogP contribution in [0.3, 0.4) is 0 Å². The van der Waals surface area contributed by atoms with Crippen molar-refractivity contribution in [3.63, 3.8) is 0 Å². The van der Waals surface area contributed by atoms with Crippen LogP contribution < -0.4 is 5.32 Å². The monoisotopic (exact) mass is 361 g/mol. The van der Waals surface area contributed by atoms with Crippen molar-refractivity contribution in [1.29, 1.82) is 0 Å². The third-order valence-corrected chi connectivity index (χ3v) is 5.43. The van der Waals surface area contributed by atoms with Crippen LogP contribution in [0.2, 0.25) is 5.02 Å². The topological polar surface area (TPSA) is 37.3 Å². The molecule has 0 aliphatic carbocycles. The number of hydrogen-bond donors (Lipinski definition) is 1. The van der Waals surface area contributed by atoms with Crippen LogP contribution in [-0.4, -0.2) is 41.6 Å². The van der Waals surface area contributed by atoms with Crippen molar-refractivity contribution in [2.24, 2.45) is 0 Å². The van der Waals surface area contributed by atoms with Gasteiger partial charge in [-0.1, -0.05) is 11.6 Å². The van der Waals surface area contributed by atoms with Gasteiger partial charge in [-0.05, 0) is 82.9 Å². The first-order chi connectivity index (χ1) is 12.1. The number of aryl methyl sites for hydroxylation is 2. The molecule has 1 aromatic heterocycles. The van der Waals surface area contributed by atoms with E-state index < -0.39 is 0 Å². The molecule has 25 heavy (non-hydrogen) atoms. The molecule has 0 spiro atoms. The summed E-state index contributed by atoms with van der Waals surface area (Å²) >= 11 is 6.13. The lowest BCUT2D eigenvalue weighted by Gasteiger charge is -2.14. The molecule has 0 atom stereocenters. The normalized spacial score (nSPS) is 15.2. The number of amides is 1. The molecular weight excluding hydrogens is 334 g/mol. The minimum Gasteiger partial charge on any atom is -0.351 e. The van der Waals surface area contributed by atoms with Crippen LogP contribution in [0.4, 0.5) is 0 Å². The molecule has 1 saturated heterocycles. The van der Waals surface area contributed by atoms with Crippen molar-refractivity contribution in [2.75, 3.05) is 26.2 Å². The Labute approximate surface area is 155 Å². The second kappa shape index (κ2) is 8.24. The van der Waals surface area contributed by atoms with E-state index in [9.17, 15) is 4.79 Å². The summed E-state index contributed by atoms with van der Waals surface area (Å²) in [5.74, 6) is 0.0212. The third-order valence-electron chi connectivity index (χ3n) is 5.20. The van der Waals surface area contributed by atoms with Crippen LogP contribution >= 0.6 is 11.6 Å². The highest BCUT2D eigenvalue weighted by atomic mass is 35.5. The largest absolute Gasteiger partial charge is 0.351 e. The molecule has 1 fully saturated rings. The second-order valence-corrected chi connectivity index (χ2v) is 7.33. The van der Waals surface area contributed by atoms with Crippen molar-refractivity contribution < 1.29 is 4.79 Å². The predicted molar refractivity (Wildman–Crippen MR) is 105 cm³/mol. The standard InChI is InChI=1S/C20H28ClN3O/c1-3-24-18-9-8-16(21)14-17(18)15(2)19(24)20(25)22-10-4-5-11-23-12-6-7-13-23/h8-9,14H,3-7,10-13H2,1-2H3,(H,22,25). The average molecular weight is 362 g/mol. The zero-order chi connectivity index (χ0) is 17.8. The number of benzene rings is 1. The van der Waals surface area contributed by atoms with Gasteiger partial charge < -0.3 is 14.8 Å². The molecule has 4 nitrogen and oxygen atoms in total. The van der Waals surface area contributed by atoms with E-state index in [1.54, 1.807) is 0 Å². The highest BCUT2D eigenvalue weighted by molar-refractivity contribution is 6.31. The Bertz CT molecular complexity index is 747. The van der Waals surface area contributed by atoms with E-state index in [-0.39, 0.29) is 5.91 Å². The molecular formula is C20H28ClN3O. The van der Waals surface area contributed by atoms with Gasteiger partial charge in [-0.25, -0.2) is 0 Å². The van der Waals surface area contributed by atoms with E-state index >= 15 is 0 Å². The minimum atomic E-state index is 0.0212. The lowest BCUT2D eigenvalue weighted by molar-refractivity contribution is 0.0943. The van der Waals surface area contributed by atoms with Crippen LogP contribution in [0.1, 0.15) is 48.7 Å². The van der Waals surface area contributed by atoms with Crippen LogP contribution in [0, 0.1) is 6.92 Å². The molecule has 0 bridgehead atoms. The van der Waals surface area contributed by atoms with Crippen molar-refractivity contribution in [1.82, 2.24) is 14.8 Å². The summed E-state index contributed by atoms with van der Waals surface area (Å²) in [6.07, 6.45) is 4.84. The SMILES string of the molecule is CCn1c(C(=O)NCCCCN2CCCC2)c(C)c2cc(Cl)ccc21. The number of nitrogens with zero attached hydrogens (tertiary/aromatic N) is 2. The number of rotatable bonds is 7. The molecule has 5 heteroatoms. The molecule has 0 unspecified atom stereocenters. The Kier molecular flexibility index (Phi) is 6.02. The summed E-state index contributed by atoms with van der Waals surface area (Å²) in [6, 6.07) is 5.84. The lowest BCUT2D eigenvalue weighted by Crippen LogP contribution is -2.28. The van der Waals surface area contributed by atoms with Crippen LogP contribution in [0.15, 0.2) is 18.2 Å². The lowest BCUT2D eigenvalue weighted by atomic mass is 10.1. The van der Waals surface area contributed by atoms with Gasteiger partial charge in [0.05, 0.1) is 0 Å². The van der Waals surface area contributed by atoms with Gasteiger partial charge in [0.25, 0.3) is 5.91 Å². The number of nitrogens with one attached hydrogen (secondary N) is 1. The van der Waals surface area contributed by atoms with E-state index in [0.29, 0.717) is 5.02 Å². The number of hydrogen-bond acceptors (Lipinski definition) is 2. The highest BCUT2D eigenvalue weighted by Crippen LogP contribution is 2.28. The maximum atomic E-state index is 12.7. The maximum absolute atomic E-state index is 12.7. The fourth-order valence-electron chi connectivity index (χ4n) is 3.87. The molecule has 136 valence electrons. The highest BCUT2D eigenvalue weighted by Gasteiger charge is 2.19. The fourth-order valence-corrected chi connectivity index (χ4v) is 4.04. The van der Waals surface area contributed by atoms with Crippen molar-refractivity contribution in [2.45, 2.75) is 46.1 Å². The molecule has 3 rings (SSSR count). The first-order valence-electron chi connectivity index (χ1n) is 9.40. The summed E-state index contributed by atoms with van der Waals surface area (Å²) in [6.45, 7) is 9.22. The Morgan fingerprint density at radius 3 is 2.72 bits per heavy atom. The number of unbranched alkanes of at least 4 members (excludes halogenated alkanes) is 1. The van der Waals surface area contributed by atoms with Gasteiger partial charge >= 0.3 is 0 Å². The first kappa shape index (κ1) is 18.3. The molecule has 0 radical (unpaired) electrons. The van der Waals surface area contributed by atoms with Crippen LogP contribution in [0.25, 0.3) is 10.9 Å². The van der Waals surface area contributed by atoms with E-state index in [0.717, 1.165) is 54.6 Å². The molecule has 2 aromatic rings. The Hall–Kier alpha value is -1.52. The quantitative estimate of drug-likeness (QED) is 0.749. The number of fused-ring (bicyclic) bond motifs is 1. The number of likely N-dealkylation sites (tertiary alicyclic amines) is 1. The van der Waals surface area contributed by atoms with E-state index in [1.807, 2.05) is 25.1 Å². The zero-order valence-corrected chi connectivity index (χ0v) is 16.0. The summed E-state index contributed by atoms with van der Waals surface area (Å²) in [4.78, 5) is 15.3. The molecule has 2 heterocycles. The van der Waals surface area contributed by atoms with Crippen LogP contribution in [-0.2, 0) is 6.54 Å². The molecule has 1 aliphatic heterocycles. The van der Waals surface area contributed by atoms with E-state index in [4.69, 9.17) is 11.6 Å². The number of carbonyl (C=O) groups is 1. The van der Waals surface area contributed by atoms with Gasteiger partial charge in [0.15, 0.2) is 0 Å². The van der Waals surface area contributed by atoms with Crippen molar-refractivity contribution in [3.8, 4) is 0 Å². The molecule has 1 N–H and O–H groups in total. The van der Waals surface area contributed by atoms with Gasteiger partial charge in [0.2, 0.25) is 0 Å². The fraction of sp³-hybridized carbons (Fsp3) is 0.550. The second-order valence-electron chi connectivity index (χ2n) is 6.89. The zero-order valence-electron chi connectivity index (χ0n) is 15.3. The molecule has 1 aliphatic rings. The van der Waals surface area contributed by atoms with Gasteiger partial charge in [-0.3, -0.25) is 4.79 Å². The van der Waals surface area contributed by atoms with Gasteiger partial charge in [0, 0.05) is 29.0 Å². The van der Waals surface area contributed by atoms with E-state index in [1.165, 1.54) is 25.9 Å². The Balaban J connectivity index is 1.62.